The molecule has 2 aromatic heterocycles. The summed E-state index contributed by atoms with van der Waals surface area (Å²) in [5, 5.41) is 0.579. The largest absolute Gasteiger partial charge is 0.358 e. The number of rotatable bonds is 0. The van der Waals surface area contributed by atoms with Crippen LogP contribution in [-0.2, 0) is 12.8 Å². The van der Waals surface area contributed by atoms with Crippen LogP contribution in [0.3, 0.4) is 0 Å². The Morgan fingerprint density at radius 3 is 1.54 bits per heavy atom. The summed E-state index contributed by atoms with van der Waals surface area (Å²) in [5.41, 5.74) is 2.91. The van der Waals surface area contributed by atoms with Crippen LogP contribution in [0.5, 0.6) is 0 Å². The van der Waals surface area contributed by atoms with Crippen LogP contribution < -0.4 is 10.9 Å². The van der Waals surface area contributed by atoms with E-state index < -0.39 is 11.6 Å². The van der Waals surface area contributed by atoms with Crippen molar-refractivity contribution in [3.63, 3.8) is 0 Å². The molecule has 0 atom stereocenters. The second-order valence-electron chi connectivity index (χ2n) is 6.56. The van der Waals surface area contributed by atoms with Crippen molar-refractivity contribution in [1.82, 2.24) is 9.97 Å². The summed E-state index contributed by atoms with van der Waals surface area (Å²) in [4.78, 5) is 31.9. The highest BCUT2D eigenvalue weighted by Gasteiger charge is 2.24. The first-order valence-electron chi connectivity index (χ1n) is 8.18. The van der Waals surface area contributed by atoms with Gasteiger partial charge in [-0.2, -0.15) is 0 Å². The molecular weight excluding hydrogens is 338 g/mol. The predicted molar refractivity (Wildman–Crippen MR) is 94.7 cm³/mol. The molecule has 0 spiro atoms. The van der Waals surface area contributed by atoms with Crippen molar-refractivity contribution in [1.29, 1.82) is 0 Å². The first-order valence-corrected chi connectivity index (χ1v) is 8.18. The number of pyridine rings is 2. The molecular formula is C20H12F2N2O2. The highest BCUT2D eigenvalue weighted by atomic mass is 19.1. The third kappa shape index (κ3) is 2.05. The Kier molecular flexibility index (Phi) is 2.95. The Morgan fingerprint density at radius 1 is 0.692 bits per heavy atom. The lowest BCUT2D eigenvalue weighted by Crippen LogP contribution is -2.26. The average Bonchev–Trinajstić information content (AvgIpc) is 2.63. The lowest BCUT2D eigenvalue weighted by molar-refractivity contribution is 0.629. The highest BCUT2D eigenvalue weighted by Crippen LogP contribution is 2.25. The van der Waals surface area contributed by atoms with Gasteiger partial charge in [0.15, 0.2) is 10.9 Å². The normalized spacial score (nSPS) is 13.0. The van der Waals surface area contributed by atoms with E-state index >= 15 is 0 Å². The van der Waals surface area contributed by atoms with Gasteiger partial charge in [0.05, 0.1) is 0 Å². The molecule has 4 nitrogen and oxygen atoms in total. The quantitative estimate of drug-likeness (QED) is 0.451. The Hall–Kier alpha value is -3.28. The van der Waals surface area contributed by atoms with Crippen molar-refractivity contribution in [3.05, 3.63) is 91.0 Å². The molecule has 0 amide bonds. The highest BCUT2D eigenvalue weighted by molar-refractivity contribution is 5.82. The third-order valence-corrected chi connectivity index (χ3v) is 5.01. The molecule has 26 heavy (non-hydrogen) atoms. The standard InChI is InChI=1S/C20H12F2N2O2/c21-9-1-3-15-11(5-9)19(25)13-8-18-14(7-17(13)23-15)20(26)12-6-10(22)2-4-16(12)24-18/h1-6H,7-8H2,(H,23,25)(H,24,26). The van der Waals surface area contributed by atoms with Crippen LogP contribution >= 0.6 is 0 Å². The molecule has 0 radical (unpaired) electrons. The summed E-state index contributed by atoms with van der Waals surface area (Å²) in [7, 11) is 0. The minimum absolute atomic E-state index is 0.237. The molecule has 1 aliphatic rings. The van der Waals surface area contributed by atoms with Gasteiger partial charge in [-0.3, -0.25) is 9.59 Å². The molecule has 1 aliphatic carbocycles. The van der Waals surface area contributed by atoms with E-state index in [4.69, 9.17) is 0 Å². The topological polar surface area (TPSA) is 65.7 Å². The lowest BCUT2D eigenvalue weighted by Gasteiger charge is -2.20. The molecule has 0 unspecified atom stereocenters. The van der Waals surface area contributed by atoms with Crippen LogP contribution in [0.15, 0.2) is 46.0 Å². The average molecular weight is 350 g/mol. The van der Waals surface area contributed by atoms with Crippen molar-refractivity contribution in [2.45, 2.75) is 12.8 Å². The molecule has 5 rings (SSSR count). The smallest absolute Gasteiger partial charge is 0.193 e. The molecule has 128 valence electrons. The molecule has 4 aromatic rings. The zero-order valence-corrected chi connectivity index (χ0v) is 13.5. The maximum Gasteiger partial charge on any atom is 0.193 e. The van der Waals surface area contributed by atoms with Crippen molar-refractivity contribution < 1.29 is 8.78 Å². The number of halogens is 2. The van der Waals surface area contributed by atoms with Crippen LogP contribution in [0.2, 0.25) is 0 Å². The van der Waals surface area contributed by atoms with Crippen molar-refractivity contribution in [3.8, 4) is 0 Å². The fourth-order valence-electron chi connectivity index (χ4n) is 3.73. The maximum atomic E-state index is 13.5. The van der Waals surface area contributed by atoms with E-state index in [0.29, 0.717) is 33.5 Å². The zero-order valence-electron chi connectivity index (χ0n) is 13.5. The van der Waals surface area contributed by atoms with Gasteiger partial charge < -0.3 is 9.97 Å². The fraction of sp³-hybridized carbons (Fsp3) is 0.100. The molecule has 0 saturated heterocycles. The molecule has 2 aromatic carbocycles. The first kappa shape index (κ1) is 15.0. The van der Waals surface area contributed by atoms with Crippen molar-refractivity contribution >= 4 is 21.8 Å². The van der Waals surface area contributed by atoms with Gasteiger partial charge in [0.1, 0.15) is 11.6 Å². The SMILES string of the molecule is O=c1c2c([nH]c3ccc(F)cc13)Cc1c([nH]c3ccc(F)cc3c1=O)C2. The van der Waals surface area contributed by atoms with E-state index in [1.54, 1.807) is 0 Å². The first-order chi connectivity index (χ1) is 12.5. The van der Waals surface area contributed by atoms with E-state index in [9.17, 15) is 18.4 Å². The maximum absolute atomic E-state index is 13.5. The fourth-order valence-corrected chi connectivity index (χ4v) is 3.73. The Morgan fingerprint density at radius 2 is 1.12 bits per heavy atom. The summed E-state index contributed by atoms with van der Waals surface area (Å²) in [5.74, 6) is -0.943. The van der Waals surface area contributed by atoms with Gasteiger partial charge in [-0.15, -0.1) is 0 Å². The van der Waals surface area contributed by atoms with Gasteiger partial charge in [-0.25, -0.2) is 8.78 Å². The van der Waals surface area contributed by atoms with E-state index in [0.717, 1.165) is 0 Å². The van der Waals surface area contributed by atoms with Crippen LogP contribution in [0.4, 0.5) is 8.78 Å². The summed E-state index contributed by atoms with van der Waals surface area (Å²) < 4.78 is 27.0. The number of aromatic nitrogens is 2. The number of hydrogen-bond acceptors (Lipinski definition) is 2. The Balaban J connectivity index is 1.79. The van der Waals surface area contributed by atoms with Crippen LogP contribution in [0, 0.1) is 11.6 Å². The monoisotopic (exact) mass is 350 g/mol. The van der Waals surface area contributed by atoms with Crippen molar-refractivity contribution in [2.24, 2.45) is 0 Å². The van der Waals surface area contributed by atoms with Gasteiger partial charge >= 0.3 is 0 Å². The van der Waals surface area contributed by atoms with Crippen LogP contribution in [0.25, 0.3) is 21.8 Å². The molecule has 0 fully saturated rings. The number of nitrogens with one attached hydrogen (secondary N) is 2. The molecule has 0 bridgehead atoms. The molecule has 2 N–H and O–H groups in total. The third-order valence-electron chi connectivity index (χ3n) is 5.01. The molecule has 0 saturated carbocycles. The van der Waals surface area contributed by atoms with Crippen molar-refractivity contribution in [2.75, 3.05) is 0 Å². The molecule has 6 heteroatoms. The van der Waals surface area contributed by atoms with Gasteiger partial charge in [0.25, 0.3) is 0 Å². The number of H-pyrrole nitrogens is 2. The summed E-state index contributed by atoms with van der Waals surface area (Å²) in [6.07, 6.45) is 0.490. The minimum Gasteiger partial charge on any atom is -0.358 e. The predicted octanol–water partition coefficient (Wildman–Crippen LogP) is 3.14. The summed E-state index contributed by atoms with van der Waals surface area (Å²) in [6.45, 7) is 0. The number of hydrogen-bond donors (Lipinski definition) is 2. The Bertz CT molecular complexity index is 1250. The molecule has 2 heterocycles. The number of fused-ring (bicyclic) bond motifs is 4. The molecule has 0 aliphatic heterocycles. The van der Waals surface area contributed by atoms with Crippen LogP contribution in [0.1, 0.15) is 22.5 Å². The number of aromatic amines is 2. The van der Waals surface area contributed by atoms with Gasteiger partial charge in [0.2, 0.25) is 0 Å². The lowest BCUT2D eigenvalue weighted by atomic mass is 9.90. The summed E-state index contributed by atoms with van der Waals surface area (Å²) >= 11 is 0. The van der Waals surface area contributed by atoms with Gasteiger partial charge in [-0.1, -0.05) is 0 Å². The minimum atomic E-state index is -0.472. The zero-order chi connectivity index (χ0) is 18.0. The van der Waals surface area contributed by atoms with E-state index in [1.807, 2.05) is 0 Å². The second kappa shape index (κ2) is 5.11. The van der Waals surface area contributed by atoms with Gasteiger partial charge in [-0.05, 0) is 36.4 Å². The second-order valence-corrected chi connectivity index (χ2v) is 6.56. The Labute approximate surface area is 145 Å². The van der Waals surface area contributed by atoms with Crippen LogP contribution in [-0.4, -0.2) is 9.97 Å². The summed E-state index contributed by atoms with van der Waals surface area (Å²) in [6, 6.07) is 8.03. The van der Waals surface area contributed by atoms with E-state index in [1.165, 1.54) is 36.4 Å². The van der Waals surface area contributed by atoms with Gasteiger partial charge in [0, 0.05) is 57.2 Å². The van der Waals surface area contributed by atoms with E-state index in [-0.39, 0.29) is 34.5 Å². The van der Waals surface area contributed by atoms with E-state index in [2.05, 4.69) is 9.97 Å². The number of benzene rings is 2.